The Bertz CT molecular complexity index is 303. The van der Waals surface area contributed by atoms with Crippen molar-refractivity contribution in [2.24, 2.45) is 0 Å². The molecule has 1 aromatic carbocycles. The predicted molar refractivity (Wildman–Crippen MR) is 57.6 cm³/mol. The molecule has 0 aliphatic carbocycles. The second kappa shape index (κ2) is 4.91. The van der Waals surface area contributed by atoms with E-state index in [1.165, 1.54) is 12.1 Å². The summed E-state index contributed by atoms with van der Waals surface area (Å²) in [6.07, 6.45) is 0. The summed E-state index contributed by atoms with van der Waals surface area (Å²) in [5.74, 6) is -0.194. The molecule has 0 saturated carbocycles. The number of benzene rings is 1. The average molecular weight is 193 g/mol. The average Bonchev–Trinajstić information content (AvgIpc) is 2.15. The lowest BCUT2D eigenvalue weighted by Crippen LogP contribution is -2.20. The third kappa shape index (κ3) is 3.30. The van der Waals surface area contributed by atoms with Gasteiger partial charge in [0.2, 0.25) is 0 Å². The van der Waals surface area contributed by atoms with Crippen LogP contribution >= 0.6 is 0 Å². The zero-order chi connectivity index (χ0) is 10.6. The lowest BCUT2D eigenvalue weighted by molar-refractivity contribution is 0.599. The summed E-state index contributed by atoms with van der Waals surface area (Å²) in [5, 5.41) is 3.30. The molecular formula is C12H16FN. The molecule has 0 unspecified atom stereocenters. The van der Waals surface area contributed by atoms with Gasteiger partial charge in [-0.15, -0.1) is 0 Å². The molecule has 0 aliphatic heterocycles. The lowest BCUT2D eigenvalue weighted by Gasteiger charge is -2.13. The number of hydrogen-bond donors (Lipinski definition) is 1. The van der Waals surface area contributed by atoms with E-state index in [1.807, 2.05) is 6.92 Å². The zero-order valence-corrected chi connectivity index (χ0v) is 8.68. The molecule has 0 radical (unpaired) electrons. The summed E-state index contributed by atoms with van der Waals surface area (Å²) < 4.78 is 12.6. The SMILES string of the molecule is C=C(C)CN[C@H](C)c1ccc(F)cc1. The summed E-state index contributed by atoms with van der Waals surface area (Å²) in [4.78, 5) is 0. The lowest BCUT2D eigenvalue weighted by atomic mass is 10.1. The zero-order valence-electron chi connectivity index (χ0n) is 8.68. The molecule has 1 nitrogen and oxygen atoms in total. The number of hydrogen-bond acceptors (Lipinski definition) is 1. The van der Waals surface area contributed by atoms with Crippen molar-refractivity contribution in [3.8, 4) is 0 Å². The molecule has 1 N–H and O–H groups in total. The maximum absolute atomic E-state index is 12.6. The van der Waals surface area contributed by atoms with Crippen LogP contribution in [0.1, 0.15) is 25.5 Å². The van der Waals surface area contributed by atoms with Gasteiger partial charge in [0, 0.05) is 12.6 Å². The first kappa shape index (κ1) is 10.9. The first-order valence-electron chi connectivity index (χ1n) is 4.73. The first-order chi connectivity index (χ1) is 6.59. The van der Waals surface area contributed by atoms with Crippen LogP contribution in [0.3, 0.4) is 0 Å². The molecule has 0 fully saturated rings. The van der Waals surface area contributed by atoms with E-state index in [9.17, 15) is 4.39 Å². The van der Waals surface area contributed by atoms with Gasteiger partial charge in [-0.1, -0.05) is 24.3 Å². The molecule has 0 aromatic heterocycles. The van der Waals surface area contributed by atoms with E-state index in [1.54, 1.807) is 12.1 Å². The minimum absolute atomic E-state index is 0.194. The van der Waals surface area contributed by atoms with Crippen LogP contribution in [-0.2, 0) is 0 Å². The molecule has 0 heterocycles. The van der Waals surface area contributed by atoms with E-state index < -0.39 is 0 Å². The van der Waals surface area contributed by atoms with Crippen molar-refractivity contribution < 1.29 is 4.39 Å². The predicted octanol–water partition coefficient (Wildman–Crippen LogP) is 3.05. The maximum atomic E-state index is 12.6. The molecule has 1 atom stereocenters. The highest BCUT2D eigenvalue weighted by Crippen LogP contribution is 2.12. The number of rotatable bonds is 4. The van der Waals surface area contributed by atoms with E-state index in [2.05, 4.69) is 18.8 Å². The van der Waals surface area contributed by atoms with Crippen molar-refractivity contribution in [1.29, 1.82) is 0 Å². The van der Waals surface area contributed by atoms with Gasteiger partial charge in [0.25, 0.3) is 0 Å². The highest BCUT2D eigenvalue weighted by atomic mass is 19.1. The minimum atomic E-state index is -0.194. The molecule has 2 heteroatoms. The van der Waals surface area contributed by atoms with Crippen molar-refractivity contribution in [2.45, 2.75) is 19.9 Å². The Kier molecular flexibility index (Phi) is 3.84. The fourth-order valence-corrected chi connectivity index (χ4v) is 1.20. The topological polar surface area (TPSA) is 12.0 Å². The quantitative estimate of drug-likeness (QED) is 0.725. The summed E-state index contributed by atoms with van der Waals surface area (Å²) in [7, 11) is 0. The van der Waals surface area contributed by atoms with E-state index in [0.717, 1.165) is 17.7 Å². The molecule has 14 heavy (non-hydrogen) atoms. The highest BCUT2D eigenvalue weighted by molar-refractivity contribution is 5.19. The molecule has 0 aliphatic rings. The number of halogens is 1. The fourth-order valence-electron chi connectivity index (χ4n) is 1.20. The Balaban J connectivity index is 2.56. The van der Waals surface area contributed by atoms with Gasteiger partial charge in [0.15, 0.2) is 0 Å². The van der Waals surface area contributed by atoms with E-state index in [-0.39, 0.29) is 11.9 Å². The second-order valence-electron chi connectivity index (χ2n) is 3.61. The van der Waals surface area contributed by atoms with Crippen molar-refractivity contribution in [1.82, 2.24) is 5.32 Å². The monoisotopic (exact) mass is 193 g/mol. The van der Waals surface area contributed by atoms with Gasteiger partial charge >= 0.3 is 0 Å². The van der Waals surface area contributed by atoms with Gasteiger partial charge in [-0.25, -0.2) is 4.39 Å². The highest BCUT2D eigenvalue weighted by Gasteiger charge is 2.03. The van der Waals surface area contributed by atoms with E-state index in [4.69, 9.17) is 0 Å². The van der Waals surface area contributed by atoms with Gasteiger partial charge in [0.05, 0.1) is 0 Å². The largest absolute Gasteiger partial charge is 0.306 e. The van der Waals surface area contributed by atoms with Crippen LogP contribution < -0.4 is 5.32 Å². The Morgan fingerprint density at radius 1 is 1.43 bits per heavy atom. The van der Waals surface area contributed by atoms with Gasteiger partial charge < -0.3 is 5.32 Å². The molecular weight excluding hydrogens is 177 g/mol. The van der Waals surface area contributed by atoms with Gasteiger partial charge in [-0.2, -0.15) is 0 Å². The summed E-state index contributed by atoms with van der Waals surface area (Å²) in [6.45, 7) is 8.63. The second-order valence-corrected chi connectivity index (χ2v) is 3.61. The van der Waals surface area contributed by atoms with Crippen LogP contribution in [0.2, 0.25) is 0 Å². The third-order valence-corrected chi connectivity index (χ3v) is 2.08. The van der Waals surface area contributed by atoms with Crippen LogP contribution in [0, 0.1) is 5.82 Å². The Labute approximate surface area is 84.6 Å². The Morgan fingerprint density at radius 3 is 2.50 bits per heavy atom. The normalized spacial score (nSPS) is 12.5. The molecule has 0 bridgehead atoms. The Morgan fingerprint density at radius 2 is 2.00 bits per heavy atom. The van der Waals surface area contributed by atoms with Crippen molar-refractivity contribution in [3.63, 3.8) is 0 Å². The molecule has 0 spiro atoms. The third-order valence-electron chi connectivity index (χ3n) is 2.08. The molecule has 0 saturated heterocycles. The van der Waals surface area contributed by atoms with Crippen LogP contribution in [-0.4, -0.2) is 6.54 Å². The maximum Gasteiger partial charge on any atom is 0.123 e. The molecule has 1 aromatic rings. The van der Waals surface area contributed by atoms with E-state index >= 15 is 0 Å². The fraction of sp³-hybridized carbons (Fsp3) is 0.333. The van der Waals surface area contributed by atoms with Crippen molar-refractivity contribution >= 4 is 0 Å². The summed E-state index contributed by atoms with van der Waals surface area (Å²) in [5.41, 5.74) is 2.19. The van der Waals surface area contributed by atoms with Gasteiger partial charge in [-0.3, -0.25) is 0 Å². The number of nitrogens with one attached hydrogen (secondary N) is 1. The van der Waals surface area contributed by atoms with Crippen LogP contribution in [0.5, 0.6) is 0 Å². The van der Waals surface area contributed by atoms with E-state index in [0.29, 0.717) is 0 Å². The van der Waals surface area contributed by atoms with Gasteiger partial charge in [-0.05, 0) is 31.5 Å². The van der Waals surface area contributed by atoms with Crippen LogP contribution in [0.25, 0.3) is 0 Å². The van der Waals surface area contributed by atoms with Crippen molar-refractivity contribution in [2.75, 3.05) is 6.54 Å². The smallest absolute Gasteiger partial charge is 0.123 e. The first-order valence-corrected chi connectivity index (χ1v) is 4.73. The minimum Gasteiger partial charge on any atom is -0.306 e. The Hall–Kier alpha value is -1.15. The molecule has 1 rings (SSSR count). The van der Waals surface area contributed by atoms with Crippen LogP contribution in [0.15, 0.2) is 36.4 Å². The van der Waals surface area contributed by atoms with Crippen LogP contribution in [0.4, 0.5) is 4.39 Å². The molecule has 0 amide bonds. The van der Waals surface area contributed by atoms with Gasteiger partial charge in [0.1, 0.15) is 5.82 Å². The standard InChI is InChI=1S/C12H16FN/c1-9(2)8-14-10(3)11-4-6-12(13)7-5-11/h4-7,10,14H,1,8H2,2-3H3/t10-/m1/s1. The molecule has 76 valence electrons. The van der Waals surface area contributed by atoms with Crippen molar-refractivity contribution in [3.05, 3.63) is 47.8 Å². The summed E-state index contributed by atoms with van der Waals surface area (Å²) >= 11 is 0. The summed E-state index contributed by atoms with van der Waals surface area (Å²) in [6, 6.07) is 6.78.